The fraction of sp³-hybridized carbons (Fsp3) is 0.421. The molecule has 0 fully saturated rings. The van der Waals surface area contributed by atoms with Crippen LogP contribution in [-0.4, -0.2) is 46.8 Å². The van der Waals surface area contributed by atoms with E-state index in [1.165, 1.54) is 18.3 Å². The zero-order chi connectivity index (χ0) is 21.9. The first-order valence-electron chi connectivity index (χ1n) is 9.19. The van der Waals surface area contributed by atoms with E-state index in [1.54, 1.807) is 32.9 Å². The fourth-order valence-corrected chi connectivity index (χ4v) is 2.83. The Morgan fingerprint density at radius 3 is 2.73 bits per heavy atom. The lowest BCUT2D eigenvalue weighted by atomic mass is 10.2. The third-order valence-electron chi connectivity index (χ3n) is 4.03. The SMILES string of the molecule is CN(CC(=O)OC(C)(C)C)c1ncnc(NCc2ccc3c(c2)OCO3)c1[N+](=O)[O-]. The summed E-state index contributed by atoms with van der Waals surface area (Å²) in [7, 11) is 1.53. The fourth-order valence-electron chi connectivity index (χ4n) is 2.83. The Labute approximate surface area is 173 Å². The van der Waals surface area contributed by atoms with Crippen LogP contribution in [-0.2, 0) is 16.1 Å². The average Bonchev–Trinajstić information content (AvgIpc) is 3.12. The number of carbonyl (C=O) groups excluding carboxylic acids is 1. The van der Waals surface area contributed by atoms with Crippen molar-refractivity contribution < 1.29 is 23.9 Å². The lowest BCUT2D eigenvalue weighted by Gasteiger charge is -2.23. The second-order valence-corrected chi connectivity index (χ2v) is 7.64. The number of fused-ring (bicyclic) bond motifs is 1. The van der Waals surface area contributed by atoms with Gasteiger partial charge in [0.15, 0.2) is 11.5 Å². The Balaban J connectivity index is 1.77. The number of nitrogens with zero attached hydrogens (tertiary/aromatic N) is 4. The number of nitrogens with one attached hydrogen (secondary N) is 1. The molecule has 0 amide bonds. The predicted molar refractivity (Wildman–Crippen MR) is 108 cm³/mol. The minimum absolute atomic E-state index is 0.00838. The molecule has 1 aliphatic rings. The lowest BCUT2D eigenvalue weighted by molar-refractivity contribution is -0.383. The molecular formula is C19H23N5O6. The summed E-state index contributed by atoms with van der Waals surface area (Å²) < 4.78 is 15.9. The largest absolute Gasteiger partial charge is 0.459 e. The summed E-state index contributed by atoms with van der Waals surface area (Å²) in [4.78, 5) is 32.6. The number of hydrogen-bond donors (Lipinski definition) is 1. The number of nitro groups is 1. The monoisotopic (exact) mass is 417 g/mol. The Kier molecular flexibility index (Phi) is 5.90. The minimum atomic E-state index is -0.660. The molecule has 0 radical (unpaired) electrons. The van der Waals surface area contributed by atoms with Gasteiger partial charge in [0.1, 0.15) is 18.5 Å². The molecule has 11 heteroatoms. The molecule has 0 atom stereocenters. The van der Waals surface area contributed by atoms with Crippen LogP contribution < -0.4 is 19.7 Å². The average molecular weight is 417 g/mol. The Bertz CT molecular complexity index is 959. The summed E-state index contributed by atoms with van der Waals surface area (Å²) in [5.41, 5.74) is -0.160. The molecule has 2 aromatic rings. The minimum Gasteiger partial charge on any atom is -0.459 e. The van der Waals surface area contributed by atoms with Gasteiger partial charge < -0.3 is 24.4 Å². The second-order valence-electron chi connectivity index (χ2n) is 7.64. The van der Waals surface area contributed by atoms with E-state index in [-0.39, 0.29) is 37.2 Å². The zero-order valence-electron chi connectivity index (χ0n) is 17.2. The van der Waals surface area contributed by atoms with Gasteiger partial charge in [-0.1, -0.05) is 6.07 Å². The van der Waals surface area contributed by atoms with E-state index >= 15 is 0 Å². The molecule has 0 saturated heterocycles. The van der Waals surface area contributed by atoms with E-state index in [0.29, 0.717) is 11.5 Å². The van der Waals surface area contributed by atoms with Gasteiger partial charge in [-0.05, 0) is 38.5 Å². The molecule has 1 aliphatic heterocycles. The van der Waals surface area contributed by atoms with Gasteiger partial charge in [-0.3, -0.25) is 14.9 Å². The molecule has 0 unspecified atom stereocenters. The maximum absolute atomic E-state index is 12.1. The van der Waals surface area contributed by atoms with Crippen molar-refractivity contribution in [3.8, 4) is 11.5 Å². The van der Waals surface area contributed by atoms with Gasteiger partial charge in [0.05, 0.1) is 4.92 Å². The van der Waals surface area contributed by atoms with Crippen LogP contribution in [0.1, 0.15) is 26.3 Å². The molecular weight excluding hydrogens is 394 g/mol. The van der Waals surface area contributed by atoms with Crippen molar-refractivity contribution in [2.45, 2.75) is 32.9 Å². The van der Waals surface area contributed by atoms with Gasteiger partial charge in [-0.15, -0.1) is 0 Å². The summed E-state index contributed by atoms with van der Waals surface area (Å²) in [6, 6.07) is 5.38. The highest BCUT2D eigenvalue weighted by molar-refractivity contribution is 5.78. The Morgan fingerprint density at radius 2 is 2.03 bits per heavy atom. The number of rotatable bonds is 7. The predicted octanol–water partition coefficient (Wildman–Crippen LogP) is 2.50. The first-order chi connectivity index (χ1) is 14.1. The van der Waals surface area contributed by atoms with Crippen LogP contribution in [0.4, 0.5) is 17.3 Å². The van der Waals surface area contributed by atoms with E-state index in [9.17, 15) is 14.9 Å². The van der Waals surface area contributed by atoms with Crippen LogP contribution in [0.5, 0.6) is 11.5 Å². The maximum Gasteiger partial charge on any atom is 0.353 e. The van der Waals surface area contributed by atoms with Crippen molar-refractivity contribution >= 4 is 23.3 Å². The topological polar surface area (TPSA) is 129 Å². The van der Waals surface area contributed by atoms with Crippen molar-refractivity contribution in [2.75, 3.05) is 30.6 Å². The van der Waals surface area contributed by atoms with E-state index in [0.717, 1.165) is 5.56 Å². The summed E-state index contributed by atoms with van der Waals surface area (Å²) >= 11 is 0. The molecule has 0 bridgehead atoms. The second kappa shape index (κ2) is 8.39. The van der Waals surface area contributed by atoms with E-state index < -0.39 is 16.5 Å². The number of ether oxygens (including phenoxy) is 3. The van der Waals surface area contributed by atoms with Gasteiger partial charge in [-0.2, -0.15) is 0 Å². The number of likely N-dealkylation sites (N-methyl/N-ethyl adjacent to an activating group) is 1. The summed E-state index contributed by atoms with van der Waals surface area (Å²) in [6.07, 6.45) is 1.20. The van der Waals surface area contributed by atoms with Gasteiger partial charge in [0, 0.05) is 13.6 Å². The number of aromatic nitrogens is 2. The molecule has 30 heavy (non-hydrogen) atoms. The van der Waals surface area contributed by atoms with E-state index in [1.807, 2.05) is 6.07 Å². The Morgan fingerprint density at radius 1 is 1.30 bits per heavy atom. The van der Waals surface area contributed by atoms with Gasteiger partial charge in [-0.25, -0.2) is 9.97 Å². The third kappa shape index (κ3) is 5.04. The molecule has 0 aliphatic carbocycles. The number of anilines is 2. The summed E-state index contributed by atoms with van der Waals surface area (Å²) in [6.45, 7) is 5.47. The first kappa shape index (κ1) is 21.1. The highest BCUT2D eigenvalue weighted by Crippen LogP contribution is 2.34. The summed E-state index contributed by atoms with van der Waals surface area (Å²) in [5.74, 6) is 0.794. The molecule has 3 rings (SSSR count). The molecule has 11 nitrogen and oxygen atoms in total. The molecule has 1 aromatic carbocycles. The van der Waals surface area contributed by atoms with Crippen LogP contribution >= 0.6 is 0 Å². The number of hydrogen-bond acceptors (Lipinski definition) is 10. The van der Waals surface area contributed by atoms with Crippen LogP contribution in [0.15, 0.2) is 24.5 Å². The first-order valence-corrected chi connectivity index (χ1v) is 9.19. The Hall–Kier alpha value is -3.63. The van der Waals surface area contributed by atoms with E-state index in [2.05, 4.69) is 15.3 Å². The number of carbonyl (C=O) groups is 1. The lowest BCUT2D eigenvalue weighted by Crippen LogP contribution is -2.33. The van der Waals surface area contributed by atoms with Crippen molar-refractivity contribution in [3.63, 3.8) is 0 Å². The molecule has 2 heterocycles. The highest BCUT2D eigenvalue weighted by atomic mass is 16.7. The highest BCUT2D eigenvalue weighted by Gasteiger charge is 2.27. The normalized spacial score (nSPS) is 12.4. The van der Waals surface area contributed by atoms with Gasteiger partial charge in [0.25, 0.3) is 0 Å². The zero-order valence-corrected chi connectivity index (χ0v) is 17.2. The molecule has 1 aromatic heterocycles. The molecule has 1 N–H and O–H groups in total. The number of benzene rings is 1. The molecule has 160 valence electrons. The van der Waals surface area contributed by atoms with Crippen molar-refractivity contribution in [1.82, 2.24) is 9.97 Å². The molecule has 0 saturated carbocycles. The van der Waals surface area contributed by atoms with Crippen LogP contribution in [0.2, 0.25) is 0 Å². The maximum atomic E-state index is 12.1. The summed E-state index contributed by atoms with van der Waals surface area (Å²) in [5, 5.41) is 14.7. The van der Waals surface area contributed by atoms with Crippen molar-refractivity contribution in [2.24, 2.45) is 0 Å². The van der Waals surface area contributed by atoms with Gasteiger partial charge >= 0.3 is 11.7 Å². The van der Waals surface area contributed by atoms with Crippen LogP contribution in [0.25, 0.3) is 0 Å². The molecule has 0 spiro atoms. The van der Waals surface area contributed by atoms with Crippen LogP contribution in [0.3, 0.4) is 0 Å². The third-order valence-corrected chi connectivity index (χ3v) is 4.03. The smallest absolute Gasteiger partial charge is 0.353 e. The van der Waals surface area contributed by atoms with Crippen molar-refractivity contribution in [1.29, 1.82) is 0 Å². The van der Waals surface area contributed by atoms with Gasteiger partial charge in [0.2, 0.25) is 18.4 Å². The van der Waals surface area contributed by atoms with Crippen molar-refractivity contribution in [3.05, 3.63) is 40.2 Å². The van der Waals surface area contributed by atoms with E-state index in [4.69, 9.17) is 14.2 Å². The quantitative estimate of drug-likeness (QED) is 0.407. The number of esters is 1. The standard InChI is InChI=1S/C19H23N5O6/c1-19(2,3)30-15(25)9-23(4)18-16(24(26)27)17(21-10-22-18)20-8-12-5-6-13-14(7-12)29-11-28-13/h5-7,10H,8-9,11H2,1-4H3,(H,20,21,22). The van der Waals surface area contributed by atoms with Crippen LogP contribution in [0, 0.1) is 10.1 Å².